The fourth-order valence-corrected chi connectivity index (χ4v) is 1.96. The number of benzene rings is 1. The molecule has 1 heteroatoms. The second-order valence-electron chi connectivity index (χ2n) is 3.58. The van der Waals surface area contributed by atoms with Gasteiger partial charge in [-0.1, -0.05) is 31.2 Å². The van der Waals surface area contributed by atoms with E-state index < -0.39 is 0 Å². The van der Waals surface area contributed by atoms with Gasteiger partial charge in [0.2, 0.25) is 0 Å². The van der Waals surface area contributed by atoms with Crippen LogP contribution in [0.4, 0.5) is 0 Å². The molecule has 1 aromatic rings. The highest BCUT2D eigenvalue weighted by Gasteiger charge is 2.29. The average molecular weight is 161 g/mol. The first-order chi connectivity index (χ1) is 5.83. The van der Waals surface area contributed by atoms with Gasteiger partial charge in [-0.25, -0.2) is 0 Å². The summed E-state index contributed by atoms with van der Waals surface area (Å²) in [6.07, 6.45) is 2.27. The van der Waals surface area contributed by atoms with Crippen molar-refractivity contribution in [3.05, 3.63) is 35.4 Å². The highest BCUT2D eigenvalue weighted by molar-refractivity contribution is 5.40. The molecule has 1 aromatic carbocycles. The predicted octanol–water partition coefficient (Wildman–Crippen LogP) is 2.06. The van der Waals surface area contributed by atoms with E-state index in [2.05, 4.69) is 31.2 Å². The standard InChI is InChI=1S/C11H15N/c1-2-11(12)10-7-8-5-3-4-6-9(8)10/h3-6,10-11H,2,7,12H2,1H3. The van der Waals surface area contributed by atoms with Crippen molar-refractivity contribution in [2.75, 3.05) is 0 Å². The van der Waals surface area contributed by atoms with Gasteiger partial charge >= 0.3 is 0 Å². The van der Waals surface area contributed by atoms with E-state index in [1.807, 2.05) is 0 Å². The quantitative estimate of drug-likeness (QED) is 0.706. The van der Waals surface area contributed by atoms with Crippen molar-refractivity contribution in [1.82, 2.24) is 0 Å². The third-order valence-electron chi connectivity index (χ3n) is 2.88. The summed E-state index contributed by atoms with van der Waals surface area (Å²) in [5.41, 5.74) is 8.96. The minimum Gasteiger partial charge on any atom is -0.327 e. The van der Waals surface area contributed by atoms with Crippen LogP contribution < -0.4 is 5.73 Å². The van der Waals surface area contributed by atoms with Crippen LogP contribution in [-0.4, -0.2) is 6.04 Å². The van der Waals surface area contributed by atoms with Crippen molar-refractivity contribution >= 4 is 0 Å². The van der Waals surface area contributed by atoms with Gasteiger partial charge in [0, 0.05) is 12.0 Å². The molecule has 64 valence electrons. The van der Waals surface area contributed by atoms with Crippen molar-refractivity contribution in [2.24, 2.45) is 5.73 Å². The van der Waals surface area contributed by atoms with Crippen molar-refractivity contribution < 1.29 is 0 Å². The minimum atomic E-state index is 0.361. The molecule has 2 rings (SSSR count). The Labute approximate surface area is 73.6 Å². The summed E-state index contributed by atoms with van der Waals surface area (Å²) in [5.74, 6) is 0.631. The molecule has 0 saturated heterocycles. The summed E-state index contributed by atoms with van der Waals surface area (Å²) in [5, 5.41) is 0. The molecule has 1 aliphatic rings. The van der Waals surface area contributed by atoms with Crippen molar-refractivity contribution in [3.8, 4) is 0 Å². The maximum absolute atomic E-state index is 5.99. The zero-order chi connectivity index (χ0) is 8.55. The van der Waals surface area contributed by atoms with Crippen LogP contribution >= 0.6 is 0 Å². The topological polar surface area (TPSA) is 26.0 Å². The predicted molar refractivity (Wildman–Crippen MR) is 51.2 cm³/mol. The summed E-state index contributed by atoms with van der Waals surface area (Å²) in [6.45, 7) is 2.16. The van der Waals surface area contributed by atoms with Crippen LogP contribution in [0.3, 0.4) is 0 Å². The van der Waals surface area contributed by atoms with E-state index >= 15 is 0 Å². The van der Waals surface area contributed by atoms with Crippen molar-refractivity contribution in [2.45, 2.75) is 31.7 Å². The first kappa shape index (κ1) is 7.81. The van der Waals surface area contributed by atoms with E-state index in [1.54, 1.807) is 0 Å². The molecule has 0 aromatic heterocycles. The molecule has 0 heterocycles. The molecule has 0 radical (unpaired) electrons. The van der Waals surface area contributed by atoms with Gasteiger partial charge in [0.15, 0.2) is 0 Å². The molecule has 0 aliphatic heterocycles. The van der Waals surface area contributed by atoms with Gasteiger partial charge < -0.3 is 5.73 Å². The van der Waals surface area contributed by atoms with Gasteiger partial charge in [0.05, 0.1) is 0 Å². The maximum Gasteiger partial charge on any atom is 0.0108 e. The average Bonchev–Trinajstić information content (AvgIpc) is 2.07. The fourth-order valence-electron chi connectivity index (χ4n) is 1.96. The Bertz CT molecular complexity index is 280. The molecule has 2 unspecified atom stereocenters. The lowest BCUT2D eigenvalue weighted by molar-refractivity contribution is 0.472. The van der Waals surface area contributed by atoms with Gasteiger partial charge in [0.25, 0.3) is 0 Å². The Morgan fingerprint density at radius 3 is 2.92 bits per heavy atom. The summed E-state index contributed by atoms with van der Waals surface area (Å²) in [4.78, 5) is 0. The zero-order valence-corrected chi connectivity index (χ0v) is 7.46. The number of rotatable bonds is 2. The summed E-state index contributed by atoms with van der Waals surface area (Å²) in [6, 6.07) is 8.98. The van der Waals surface area contributed by atoms with Gasteiger partial charge in [0.1, 0.15) is 0 Å². The minimum absolute atomic E-state index is 0.361. The number of nitrogens with two attached hydrogens (primary N) is 1. The molecule has 0 spiro atoms. The number of hydrogen-bond donors (Lipinski definition) is 1. The Hall–Kier alpha value is -0.820. The second-order valence-corrected chi connectivity index (χ2v) is 3.58. The molecule has 2 N–H and O–H groups in total. The van der Waals surface area contributed by atoms with Crippen LogP contribution in [0.2, 0.25) is 0 Å². The summed E-state index contributed by atoms with van der Waals surface area (Å²) >= 11 is 0. The first-order valence-electron chi connectivity index (χ1n) is 4.66. The lowest BCUT2D eigenvalue weighted by atomic mass is 9.73. The van der Waals surface area contributed by atoms with E-state index in [1.165, 1.54) is 17.5 Å². The Kier molecular flexibility index (Phi) is 1.89. The van der Waals surface area contributed by atoms with E-state index in [0.29, 0.717) is 12.0 Å². The van der Waals surface area contributed by atoms with Crippen LogP contribution in [0.25, 0.3) is 0 Å². The summed E-state index contributed by atoms with van der Waals surface area (Å²) in [7, 11) is 0. The zero-order valence-electron chi connectivity index (χ0n) is 7.46. The molecule has 0 bridgehead atoms. The van der Waals surface area contributed by atoms with Crippen LogP contribution in [0.15, 0.2) is 24.3 Å². The lowest BCUT2D eigenvalue weighted by Gasteiger charge is -2.34. The Morgan fingerprint density at radius 2 is 2.25 bits per heavy atom. The molecular weight excluding hydrogens is 146 g/mol. The molecule has 1 aliphatic carbocycles. The maximum atomic E-state index is 5.99. The molecular formula is C11H15N. The van der Waals surface area contributed by atoms with Crippen LogP contribution in [-0.2, 0) is 6.42 Å². The third-order valence-corrected chi connectivity index (χ3v) is 2.88. The molecule has 1 nitrogen and oxygen atoms in total. The molecule has 0 amide bonds. The van der Waals surface area contributed by atoms with Gasteiger partial charge in [-0.15, -0.1) is 0 Å². The second kappa shape index (κ2) is 2.91. The van der Waals surface area contributed by atoms with Gasteiger partial charge in [-0.2, -0.15) is 0 Å². The van der Waals surface area contributed by atoms with Gasteiger partial charge in [-0.05, 0) is 24.0 Å². The third kappa shape index (κ3) is 1.05. The largest absolute Gasteiger partial charge is 0.327 e. The van der Waals surface area contributed by atoms with Crippen LogP contribution in [0.1, 0.15) is 30.4 Å². The lowest BCUT2D eigenvalue weighted by Crippen LogP contribution is -2.34. The number of hydrogen-bond acceptors (Lipinski definition) is 1. The van der Waals surface area contributed by atoms with E-state index in [4.69, 9.17) is 5.73 Å². The van der Waals surface area contributed by atoms with Crippen LogP contribution in [0, 0.1) is 0 Å². The normalized spacial score (nSPS) is 22.7. The Balaban J connectivity index is 2.19. The molecule has 12 heavy (non-hydrogen) atoms. The van der Waals surface area contributed by atoms with E-state index in [9.17, 15) is 0 Å². The highest BCUT2D eigenvalue weighted by atomic mass is 14.7. The van der Waals surface area contributed by atoms with Crippen molar-refractivity contribution in [3.63, 3.8) is 0 Å². The SMILES string of the molecule is CCC(N)C1Cc2ccccc21. The molecule has 0 fully saturated rings. The number of fused-ring (bicyclic) bond motifs is 1. The van der Waals surface area contributed by atoms with E-state index in [-0.39, 0.29) is 0 Å². The fraction of sp³-hybridized carbons (Fsp3) is 0.455. The smallest absolute Gasteiger partial charge is 0.0108 e. The highest BCUT2D eigenvalue weighted by Crippen LogP contribution is 2.37. The van der Waals surface area contributed by atoms with Gasteiger partial charge in [-0.3, -0.25) is 0 Å². The molecule has 2 atom stereocenters. The monoisotopic (exact) mass is 161 g/mol. The Morgan fingerprint density at radius 1 is 1.50 bits per heavy atom. The van der Waals surface area contributed by atoms with E-state index in [0.717, 1.165) is 6.42 Å². The van der Waals surface area contributed by atoms with Crippen LogP contribution in [0.5, 0.6) is 0 Å². The first-order valence-corrected chi connectivity index (χ1v) is 4.66. The molecule has 0 saturated carbocycles. The summed E-state index contributed by atoms with van der Waals surface area (Å²) < 4.78 is 0. The van der Waals surface area contributed by atoms with Crippen molar-refractivity contribution in [1.29, 1.82) is 0 Å².